The van der Waals surface area contributed by atoms with Crippen molar-refractivity contribution in [1.29, 1.82) is 0 Å². The zero-order valence-corrected chi connectivity index (χ0v) is 16.3. The van der Waals surface area contributed by atoms with E-state index in [1.807, 2.05) is 24.4 Å². The lowest BCUT2D eigenvalue weighted by molar-refractivity contribution is -0.139. The number of hydrogen-bond donors (Lipinski definition) is 2. The number of hydrazone groups is 1. The van der Waals surface area contributed by atoms with Crippen molar-refractivity contribution in [1.82, 2.24) is 10.7 Å². The summed E-state index contributed by atoms with van der Waals surface area (Å²) in [6.45, 7) is 6.38. The molecule has 0 aliphatic heterocycles. The smallest absolute Gasteiger partial charge is 0.329 e. The average Bonchev–Trinajstić information content (AvgIpc) is 3.14. The van der Waals surface area contributed by atoms with Crippen molar-refractivity contribution >= 4 is 29.4 Å². The van der Waals surface area contributed by atoms with E-state index in [0.717, 1.165) is 4.88 Å². The molecule has 0 atom stereocenters. The first-order valence-electron chi connectivity index (χ1n) is 8.55. The van der Waals surface area contributed by atoms with Gasteiger partial charge in [0.05, 0.1) is 12.8 Å². The topological polar surface area (TPSA) is 89.0 Å². The van der Waals surface area contributed by atoms with Crippen LogP contribution in [0.15, 0.2) is 40.8 Å². The number of nitrogens with one attached hydrogen (secondary N) is 2. The Morgan fingerprint density at radius 2 is 2.00 bits per heavy atom. The molecular formula is C19H23N3O4S. The minimum atomic E-state index is -0.819. The molecule has 2 amide bonds. The van der Waals surface area contributed by atoms with E-state index < -0.39 is 11.8 Å². The van der Waals surface area contributed by atoms with Crippen molar-refractivity contribution < 1.29 is 19.1 Å². The monoisotopic (exact) mass is 389 g/mol. The van der Waals surface area contributed by atoms with E-state index in [1.54, 1.807) is 43.4 Å². The predicted octanol–water partition coefficient (Wildman–Crippen LogP) is 2.70. The van der Waals surface area contributed by atoms with E-state index in [-0.39, 0.29) is 6.04 Å². The van der Waals surface area contributed by atoms with Gasteiger partial charge in [-0.05, 0) is 56.0 Å². The Balaban J connectivity index is 1.99. The summed E-state index contributed by atoms with van der Waals surface area (Å²) >= 11 is 1.62. The van der Waals surface area contributed by atoms with E-state index in [9.17, 15) is 9.59 Å². The third kappa shape index (κ3) is 6.74. The van der Waals surface area contributed by atoms with Gasteiger partial charge >= 0.3 is 11.8 Å². The summed E-state index contributed by atoms with van der Waals surface area (Å²) in [6, 6.07) is 9.19. The summed E-state index contributed by atoms with van der Waals surface area (Å²) in [5.41, 5.74) is 2.89. The summed E-state index contributed by atoms with van der Waals surface area (Å²) in [6.07, 6.45) is 1.44. The van der Waals surface area contributed by atoms with Crippen LogP contribution in [-0.2, 0) is 16.2 Å². The molecule has 0 saturated heterocycles. The SMILES string of the molecule is CCOc1cc(/C=N\NC(=O)C(=O)NC(C)C)ccc1OCc1cccs1. The Morgan fingerprint density at radius 3 is 2.67 bits per heavy atom. The quantitative estimate of drug-likeness (QED) is 0.413. The standard InChI is InChI=1S/C19H23N3O4S/c1-4-25-17-10-14(11-20-22-19(24)18(23)21-13(2)3)7-8-16(17)26-12-15-6-5-9-27-15/h5-11,13H,4,12H2,1-3H3,(H,21,23)(H,22,24)/b20-11-. The number of rotatable bonds is 8. The molecule has 7 nitrogen and oxygen atoms in total. The molecule has 0 unspecified atom stereocenters. The Labute approximate surface area is 162 Å². The summed E-state index contributed by atoms with van der Waals surface area (Å²) in [7, 11) is 0. The maximum absolute atomic E-state index is 11.6. The molecule has 0 bridgehead atoms. The highest BCUT2D eigenvalue weighted by atomic mass is 32.1. The minimum Gasteiger partial charge on any atom is -0.490 e. The van der Waals surface area contributed by atoms with E-state index in [0.29, 0.717) is 30.3 Å². The van der Waals surface area contributed by atoms with Crippen LogP contribution in [0.1, 0.15) is 31.2 Å². The van der Waals surface area contributed by atoms with Crippen LogP contribution in [0.25, 0.3) is 0 Å². The van der Waals surface area contributed by atoms with Crippen LogP contribution in [0.2, 0.25) is 0 Å². The zero-order valence-electron chi connectivity index (χ0n) is 15.5. The fraction of sp³-hybridized carbons (Fsp3) is 0.316. The fourth-order valence-corrected chi connectivity index (χ4v) is 2.70. The van der Waals surface area contributed by atoms with Gasteiger partial charge in [-0.3, -0.25) is 9.59 Å². The van der Waals surface area contributed by atoms with Crippen LogP contribution in [0.4, 0.5) is 0 Å². The van der Waals surface area contributed by atoms with Gasteiger partial charge in [-0.15, -0.1) is 11.3 Å². The van der Waals surface area contributed by atoms with Crippen molar-refractivity contribution in [3.05, 3.63) is 46.2 Å². The molecule has 1 aromatic heterocycles. The Morgan fingerprint density at radius 1 is 1.19 bits per heavy atom. The van der Waals surface area contributed by atoms with Gasteiger partial charge in [0, 0.05) is 10.9 Å². The van der Waals surface area contributed by atoms with Crippen LogP contribution in [0.5, 0.6) is 11.5 Å². The Bertz CT molecular complexity index is 788. The van der Waals surface area contributed by atoms with E-state index in [4.69, 9.17) is 9.47 Å². The first-order valence-corrected chi connectivity index (χ1v) is 9.43. The number of carbonyl (C=O) groups is 2. The van der Waals surface area contributed by atoms with Crippen molar-refractivity contribution in [3.8, 4) is 11.5 Å². The summed E-state index contributed by atoms with van der Waals surface area (Å²) in [4.78, 5) is 24.2. The zero-order chi connectivity index (χ0) is 19.6. The largest absolute Gasteiger partial charge is 0.490 e. The summed E-state index contributed by atoms with van der Waals surface area (Å²) in [5.74, 6) is -0.333. The maximum atomic E-state index is 11.6. The number of nitrogens with zero attached hydrogens (tertiary/aromatic N) is 1. The number of benzene rings is 1. The van der Waals surface area contributed by atoms with Crippen molar-refractivity contribution in [2.45, 2.75) is 33.4 Å². The molecule has 2 N–H and O–H groups in total. The molecule has 1 heterocycles. The molecule has 1 aromatic carbocycles. The van der Waals surface area contributed by atoms with Gasteiger partial charge in [0.1, 0.15) is 6.61 Å². The van der Waals surface area contributed by atoms with Gasteiger partial charge in [-0.2, -0.15) is 5.10 Å². The third-order valence-corrected chi connectivity index (χ3v) is 4.07. The number of hydrogen-bond acceptors (Lipinski definition) is 6. The molecule has 27 heavy (non-hydrogen) atoms. The molecule has 0 aliphatic carbocycles. The van der Waals surface area contributed by atoms with E-state index in [1.165, 1.54) is 6.21 Å². The van der Waals surface area contributed by atoms with Gasteiger partial charge in [-0.1, -0.05) is 6.07 Å². The number of carbonyl (C=O) groups excluding carboxylic acids is 2. The third-order valence-electron chi connectivity index (χ3n) is 3.22. The molecule has 144 valence electrons. The number of amides is 2. The van der Waals surface area contributed by atoms with Crippen molar-refractivity contribution in [3.63, 3.8) is 0 Å². The van der Waals surface area contributed by atoms with Gasteiger partial charge in [0.25, 0.3) is 0 Å². The molecule has 2 rings (SSSR count). The molecule has 8 heteroatoms. The second-order valence-corrected chi connectivity index (χ2v) is 6.87. The number of ether oxygens (including phenoxy) is 2. The Kier molecular flexibility index (Phi) is 7.81. The maximum Gasteiger partial charge on any atom is 0.329 e. The Hall–Kier alpha value is -2.87. The van der Waals surface area contributed by atoms with Crippen LogP contribution in [-0.4, -0.2) is 30.7 Å². The normalized spacial score (nSPS) is 10.8. The summed E-state index contributed by atoms with van der Waals surface area (Å²) < 4.78 is 11.4. The molecule has 0 saturated carbocycles. The second-order valence-electron chi connectivity index (χ2n) is 5.83. The van der Waals surface area contributed by atoms with Crippen LogP contribution >= 0.6 is 11.3 Å². The van der Waals surface area contributed by atoms with Gasteiger partial charge in [0.2, 0.25) is 0 Å². The first-order chi connectivity index (χ1) is 13.0. The minimum absolute atomic E-state index is 0.122. The highest BCUT2D eigenvalue weighted by molar-refractivity contribution is 7.09. The summed E-state index contributed by atoms with van der Waals surface area (Å²) in [5, 5.41) is 8.29. The fourth-order valence-electron chi connectivity index (χ4n) is 2.08. The number of thiophene rings is 1. The van der Waals surface area contributed by atoms with Crippen LogP contribution in [0, 0.1) is 0 Å². The van der Waals surface area contributed by atoms with Gasteiger partial charge in [-0.25, -0.2) is 5.43 Å². The highest BCUT2D eigenvalue weighted by Gasteiger charge is 2.13. The molecule has 0 aliphatic rings. The first kappa shape index (κ1) is 20.4. The average molecular weight is 389 g/mol. The lowest BCUT2D eigenvalue weighted by Crippen LogP contribution is -2.41. The predicted molar refractivity (Wildman–Crippen MR) is 105 cm³/mol. The van der Waals surface area contributed by atoms with Gasteiger partial charge < -0.3 is 14.8 Å². The second kappa shape index (κ2) is 10.3. The van der Waals surface area contributed by atoms with Crippen molar-refractivity contribution in [2.75, 3.05) is 6.61 Å². The highest BCUT2D eigenvalue weighted by Crippen LogP contribution is 2.29. The molecular weight excluding hydrogens is 366 g/mol. The van der Waals surface area contributed by atoms with Crippen molar-refractivity contribution in [2.24, 2.45) is 5.10 Å². The molecule has 0 fully saturated rings. The van der Waals surface area contributed by atoms with E-state index >= 15 is 0 Å². The van der Waals surface area contributed by atoms with Crippen LogP contribution < -0.4 is 20.2 Å². The molecule has 0 spiro atoms. The lowest BCUT2D eigenvalue weighted by atomic mass is 10.2. The van der Waals surface area contributed by atoms with Gasteiger partial charge in [0.15, 0.2) is 11.5 Å². The van der Waals surface area contributed by atoms with Crippen LogP contribution in [0.3, 0.4) is 0 Å². The lowest BCUT2D eigenvalue weighted by Gasteiger charge is -2.12. The molecule has 2 aromatic rings. The molecule has 0 radical (unpaired) electrons. The van der Waals surface area contributed by atoms with E-state index in [2.05, 4.69) is 15.8 Å².